The first-order chi connectivity index (χ1) is 10.1. The molecule has 2 heterocycles. The maximum atomic E-state index is 13.5. The number of halogens is 1. The van der Waals surface area contributed by atoms with Crippen molar-refractivity contribution in [1.82, 2.24) is 4.98 Å². The van der Waals surface area contributed by atoms with E-state index in [-0.39, 0.29) is 5.82 Å². The second-order valence-corrected chi connectivity index (χ2v) is 5.10. The topological polar surface area (TPSA) is 75.3 Å². The molecular weight excluding hydrogens is 273 g/mol. The minimum absolute atomic E-state index is 0.281. The highest BCUT2D eigenvalue weighted by Crippen LogP contribution is 2.39. The van der Waals surface area contributed by atoms with E-state index >= 15 is 0 Å². The molecule has 4 rings (SSSR count). The summed E-state index contributed by atoms with van der Waals surface area (Å²) in [6, 6.07) is 8.13. The van der Waals surface area contributed by atoms with Crippen LogP contribution in [0.3, 0.4) is 0 Å². The summed E-state index contributed by atoms with van der Waals surface area (Å²) < 4.78 is 18.5. The average Bonchev–Trinajstić information content (AvgIpc) is 2.99. The molecule has 5 nitrogen and oxygen atoms in total. The van der Waals surface area contributed by atoms with E-state index < -0.39 is 5.76 Å². The molecular formula is C15H12FN3O2. The number of nitrogens with zero attached hydrogens (tertiary/aromatic N) is 1. The molecule has 0 amide bonds. The second kappa shape index (κ2) is 4.12. The monoisotopic (exact) mass is 285 g/mol. The minimum Gasteiger partial charge on any atom is -0.408 e. The second-order valence-electron chi connectivity index (χ2n) is 5.10. The highest BCUT2D eigenvalue weighted by molar-refractivity contribution is 5.89. The first-order valence-electron chi connectivity index (χ1n) is 6.60. The van der Waals surface area contributed by atoms with Crippen LogP contribution in [0, 0.1) is 5.82 Å². The van der Waals surface area contributed by atoms with Crippen LogP contribution >= 0.6 is 0 Å². The van der Waals surface area contributed by atoms with Gasteiger partial charge in [0.05, 0.1) is 16.9 Å². The van der Waals surface area contributed by atoms with Gasteiger partial charge >= 0.3 is 5.76 Å². The highest BCUT2D eigenvalue weighted by Gasteiger charge is 2.23. The maximum absolute atomic E-state index is 13.5. The predicted molar refractivity (Wildman–Crippen MR) is 78.4 cm³/mol. The molecule has 0 radical (unpaired) electrons. The van der Waals surface area contributed by atoms with Gasteiger partial charge in [-0.1, -0.05) is 6.07 Å². The van der Waals surface area contributed by atoms with Crippen molar-refractivity contribution in [1.29, 1.82) is 0 Å². The van der Waals surface area contributed by atoms with Crippen LogP contribution in [-0.4, -0.2) is 11.5 Å². The molecule has 21 heavy (non-hydrogen) atoms. The molecule has 0 fully saturated rings. The van der Waals surface area contributed by atoms with Crippen LogP contribution in [0.2, 0.25) is 0 Å². The molecule has 106 valence electrons. The first-order valence-corrected chi connectivity index (χ1v) is 6.60. The summed E-state index contributed by atoms with van der Waals surface area (Å²) in [7, 11) is 0. The molecule has 0 saturated heterocycles. The average molecular weight is 285 g/mol. The standard InChI is InChI=1S/C15H12FN3O2/c16-9-2-1-8-3-4-19(12(8)5-9)13-7-11-14(6-10(13)17)21-15(20)18-11/h1-2,5-7H,3-4,17H2,(H,18,20). The summed E-state index contributed by atoms with van der Waals surface area (Å²) in [6.45, 7) is 0.719. The Morgan fingerprint density at radius 2 is 2.10 bits per heavy atom. The lowest BCUT2D eigenvalue weighted by molar-refractivity contribution is 0.555. The zero-order valence-electron chi connectivity index (χ0n) is 11.0. The molecule has 2 aromatic carbocycles. The Hall–Kier alpha value is -2.76. The summed E-state index contributed by atoms with van der Waals surface area (Å²) in [4.78, 5) is 15.8. The van der Waals surface area contributed by atoms with Gasteiger partial charge < -0.3 is 15.1 Å². The van der Waals surface area contributed by atoms with E-state index in [1.165, 1.54) is 12.1 Å². The van der Waals surface area contributed by atoms with Crippen molar-refractivity contribution in [3.63, 3.8) is 0 Å². The van der Waals surface area contributed by atoms with E-state index in [2.05, 4.69) is 4.98 Å². The molecule has 0 spiro atoms. The minimum atomic E-state index is -0.519. The number of anilines is 3. The smallest absolute Gasteiger partial charge is 0.408 e. The van der Waals surface area contributed by atoms with Crippen molar-refractivity contribution in [2.45, 2.75) is 6.42 Å². The fourth-order valence-corrected chi connectivity index (χ4v) is 2.84. The fourth-order valence-electron chi connectivity index (χ4n) is 2.84. The zero-order valence-corrected chi connectivity index (χ0v) is 11.0. The number of nitrogen functional groups attached to an aromatic ring is 1. The van der Waals surface area contributed by atoms with Crippen LogP contribution in [0.15, 0.2) is 39.5 Å². The van der Waals surface area contributed by atoms with Gasteiger partial charge in [0.25, 0.3) is 0 Å². The lowest BCUT2D eigenvalue weighted by atomic mass is 10.1. The fraction of sp³-hybridized carbons (Fsp3) is 0.133. The van der Waals surface area contributed by atoms with Crippen LogP contribution in [0.4, 0.5) is 21.5 Å². The molecule has 1 aliphatic rings. The third-order valence-electron chi connectivity index (χ3n) is 3.80. The van der Waals surface area contributed by atoms with Crippen molar-refractivity contribution >= 4 is 28.2 Å². The van der Waals surface area contributed by atoms with Crippen LogP contribution in [0.1, 0.15) is 5.56 Å². The number of benzene rings is 2. The number of rotatable bonds is 1. The van der Waals surface area contributed by atoms with Crippen LogP contribution in [-0.2, 0) is 6.42 Å². The van der Waals surface area contributed by atoms with Gasteiger partial charge in [0.1, 0.15) is 5.82 Å². The van der Waals surface area contributed by atoms with E-state index in [1.807, 2.05) is 4.90 Å². The molecule has 0 atom stereocenters. The number of H-pyrrole nitrogens is 1. The van der Waals surface area contributed by atoms with Gasteiger partial charge in [0, 0.05) is 18.3 Å². The Labute approximate surface area is 118 Å². The van der Waals surface area contributed by atoms with Gasteiger partial charge in [0.2, 0.25) is 0 Å². The molecule has 0 aliphatic carbocycles. The number of hydrogen-bond acceptors (Lipinski definition) is 4. The lowest BCUT2D eigenvalue weighted by Crippen LogP contribution is -2.15. The quantitative estimate of drug-likeness (QED) is 0.674. The molecule has 0 unspecified atom stereocenters. The summed E-state index contributed by atoms with van der Waals surface area (Å²) in [5.41, 5.74) is 10.2. The largest absolute Gasteiger partial charge is 0.417 e. The lowest BCUT2D eigenvalue weighted by Gasteiger charge is -2.21. The molecule has 1 aliphatic heterocycles. The molecule has 1 aromatic heterocycles. The summed E-state index contributed by atoms with van der Waals surface area (Å²) >= 11 is 0. The number of hydrogen-bond donors (Lipinski definition) is 2. The van der Waals surface area contributed by atoms with Crippen molar-refractivity contribution < 1.29 is 8.81 Å². The Morgan fingerprint density at radius 3 is 2.95 bits per heavy atom. The normalized spacial score (nSPS) is 13.9. The molecule has 3 aromatic rings. The summed E-state index contributed by atoms with van der Waals surface area (Å²) in [5, 5.41) is 0. The van der Waals surface area contributed by atoms with Gasteiger partial charge in [-0.2, -0.15) is 0 Å². The van der Waals surface area contributed by atoms with Crippen LogP contribution < -0.4 is 16.4 Å². The molecule has 0 saturated carbocycles. The van der Waals surface area contributed by atoms with Gasteiger partial charge in [-0.25, -0.2) is 9.18 Å². The van der Waals surface area contributed by atoms with E-state index in [0.717, 1.165) is 29.9 Å². The number of aromatic amines is 1. The maximum Gasteiger partial charge on any atom is 0.417 e. The van der Waals surface area contributed by atoms with Crippen molar-refractivity contribution in [3.05, 3.63) is 52.3 Å². The zero-order chi connectivity index (χ0) is 14.6. The predicted octanol–water partition coefficient (Wildman–Crippen LogP) is 2.54. The summed E-state index contributed by atoms with van der Waals surface area (Å²) in [6.07, 6.45) is 0.828. The first kappa shape index (κ1) is 12.0. The Kier molecular flexibility index (Phi) is 2.35. The third-order valence-corrected chi connectivity index (χ3v) is 3.80. The van der Waals surface area contributed by atoms with E-state index in [1.54, 1.807) is 18.2 Å². The SMILES string of the molecule is Nc1cc2oc(=O)[nH]c2cc1N1CCc2ccc(F)cc21. The molecule has 3 N–H and O–H groups in total. The van der Waals surface area contributed by atoms with Crippen molar-refractivity contribution in [2.24, 2.45) is 0 Å². The number of fused-ring (bicyclic) bond motifs is 2. The molecule has 0 bridgehead atoms. The summed E-state index contributed by atoms with van der Waals surface area (Å²) in [5.74, 6) is -0.800. The van der Waals surface area contributed by atoms with Gasteiger partial charge in [-0.3, -0.25) is 4.98 Å². The molecule has 6 heteroatoms. The Morgan fingerprint density at radius 1 is 1.24 bits per heavy atom. The van der Waals surface area contributed by atoms with Crippen LogP contribution in [0.5, 0.6) is 0 Å². The van der Waals surface area contributed by atoms with Gasteiger partial charge in [-0.05, 0) is 30.2 Å². The van der Waals surface area contributed by atoms with Gasteiger partial charge in [0.15, 0.2) is 5.58 Å². The van der Waals surface area contributed by atoms with E-state index in [0.29, 0.717) is 16.8 Å². The number of nitrogens with two attached hydrogens (primary N) is 1. The highest BCUT2D eigenvalue weighted by atomic mass is 19.1. The van der Waals surface area contributed by atoms with E-state index in [4.69, 9.17) is 10.2 Å². The van der Waals surface area contributed by atoms with Gasteiger partial charge in [-0.15, -0.1) is 0 Å². The Bertz CT molecular complexity index is 913. The number of nitrogens with one attached hydrogen (secondary N) is 1. The third kappa shape index (κ3) is 1.79. The van der Waals surface area contributed by atoms with Crippen LogP contribution in [0.25, 0.3) is 11.1 Å². The number of oxazole rings is 1. The van der Waals surface area contributed by atoms with Crippen molar-refractivity contribution in [3.8, 4) is 0 Å². The van der Waals surface area contributed by atoms with E-state index in [9.17, 15) is 9.18 Å². The van der Waals surface area contributed by atoms with Crippen molar-refractivity contribution in [2.75, 3.05) is 17.2 Å². The number of aromatic nitrogens is 1. The Balaban J connectivity index is 1.90.